The normalized spacial score (nSPS) is 11.4. The number of aromatic nitrogens is 3. The predicted octanol–water partition coefficient (Wildman–Crippen LogP) is 1.07. The minimum atomic E-state index is 0.699. The average Bonchev–Trinajstić information content (AvgIpc) is 2.87. The van der Waals surface area contributed by atoms with Crippen molar-refractivity contribution in [3.63, 3.8) is 0 Å². The van der Waals surface area contributed by atoms with Crippen molar-refractivity contribution >= 4 is 5.96 Å². The van der Waals surface area contributed by atoms with E-state index in [-0.39, 0.29) is 0 Å². The molecule has 19 heavy (non-hydrogen) atoms. The second kappa shape index (κ2) is 5.99. The van der Waals surface area contributed by atoms with Crippen LogP contribution in [0.25, 0.3) is 11.4 Å². The maximum Gasteiger partial charge on any atom is 0.190 e. The van der Waals surface area contributed by atoms with E-state index in [4.69, 9.17) is 0 Å². The van der Waals surface area contributed by atoms with Crippen LogP contribution in [0.3, 0.4) is 0 Å². The van der Waals surface area contributed by atoms with Crippen LogP contribution in [-0.2, 0) is 6.54 Å². The minimum Gasteiger partial charge on any atom is -0.359 e. The summed E-state index contributed by atoms with van der Waals surface area (Å²) in [5.74, 6) is 2.30. The van der Waals surface area contributed by atoms with Gasteiger partial charge in [0.1, 0.15) is 5.82 Å². The van der Waals surface area contributed by atoms with E-state index >= 15 is 0 Å². The number of hydrogen-bond donors (Lipinski definition) is 3. The molecule has 0 fully saturated rings. The highest BCUT2D eigenvalue weighted by molar-refractivity contribution is 5.79. The van der Waals surface area contributed by atoms with Gasteiger partial charge in [0.2, 0.25) is 0 Å². The van der Waals surface area contributed by atoms with Crippen molar-refractivity contribution in [2.24, 2.45) is 4.99 Å². The highest BCUT2D eigenvalue weighted by Gasteiger charge is 2.04. The van der Waals surface area contributed by atoms with Crippen LogP contribution in [0, 0.1) is 6.92 Å². The number of aliphatic imine (C=N–C) groups is 1. The molecule has 1 heterocycles. The van der Waals surface area contributed by atoms with Gasteiger partial charge in [-0.25, -0.2) is 4.98 Å². The van der Waals surface area contributed by atoms with Gasteiger partial charge in [-0.3, -0.25) is 10.1 Å². The zero-order valence-electron chi connectivity index (χ0n) is 11.4. The first-order valence-corrected chi connectivity index (χ1v) is 6.09. The van der Waals surface area contributed by atoms with Gasteiger partial charge >= 0.3 is 0 Å². The molecule has 0 aliphatic carbocycles. The lowest BCUT2D eigenvalue weighted by atomic mass is 10.1. The summed E-state index contributed by atoms with van der Waals surface area (Å²) in [6.45, 7) is 2.59. The molecule has 2 rings (SSSR count). The van der Waals surface area contributed by atoms with Crippen LogP contribution in [0.15, 0.2) is 29.3 Å². The number of rotatable bonds is 3. The van der Waals surface area contributed by atoms with Gasteiger partial charge in [-0.2, -0.15) is 5.10 Å². The van der Waals surface area contributed by atoms with E-state index in [9.17, 15) is 0 Å². The molecular weight excluding hydrogens is 240 g/mol. The molecule has 0 aliphatic heterocycles. The van der Waals surface area contributed by atoms with Gasteiger partial charge < -0.3 is 10.6 Å². The quantitative estimate of drug-likeness (QED) is 0.568. The summed E-state index contributed by atoms with van der Waals surface area (Å²) in [4.78, 5) is 8.40. The molecule has 6 nitrogen and oxygen atoms in total. The largest absolute Gasteiger partial charge is 0.359 e. The molecule has 0 radical (unpaired) electrons. The fraction of sp³-hybridized carbons (Fsp3) is 0.308. The summed E-state index contributed by atoms with van der Waals surface area (Å²) in [6.07, 6.45) is 0. The fourth-order valence-corrected chi connectivity index (χ4v) is 1.76. The number of nitrogens with one attached hydrogen (secondary N) is 3. The van der Waals surface area contributed by atoms with Crippen molar-refractivity contribution in [3.8, 4) is 11.4 Å². The van der Waals surface area contributed by atoms with E-state index < -0.39 is 0 Å². The lowest BCUT2D eigenvalue weighted by molar-refractivity contribution is 0.866. The van der Waals surface area contributed by atoms with Crippen molar-refractivity contribution in [1.82, 2.24) is 25.8 Å². The van der Waals surface area contributed by atoms with E-state index in [0.29, 0.717) is 6.54 Å². The zero-order chi connectivity index (χ0) is 13.7. The topological polar surface area (TPSA) is 78.0 Å². The molecular formula is C13H18N6. The zero-order valence-corrected chi connectivity index (χ0v) is 11.4. The van der Waals surface area contributed by atoms with Crippen molar-refractivity contribution < 1.29 is 0 Å². The first-order valence-electron chi connectivity index (χ1n) is 6.09. The molecule has 0 atom stereocenters. The second-order valence-corrected chi connectivity index (χ2v) is 4.12. The van der Waals surface area contributed by atoms with E-state index in [2.05, 4.69) is 42.9 Å². The molecule has 0 saturated heterocycles. The van der Waals surface area contributed by atoms with Crippen LogP contribution in [-0.4, -0.2) is 35.2 Å². The molecule has 2 aromatic rings. The molecule has 3 N–H and O–H groups in total. The molecule has 0 amide bonds. The summed E-state index contributed by atoms with van der Waals surface area (Å²) in [7, 11) is 3.58. The third-order valence-electron chi connectivity index (χ3n) is 2.70. The maximum atomic E-state index is 4.33. The van der Waals surface area contributed by atoms with Crippen LogP contribution in [0.1, 0.15) is 11.4 Å². The summed E-state index contributed by atoms with van der Waals surface area (Å²) in [6, 6.07) is 8.12. The molecule has 1 aromatic carbocycles. The van der Waals surface area contributed by atoms with E-state index in [0.717, 1.165) is 28.7 Å². The Morgan fingerprint density at radius 1 is 1.42 bits per heavy atom. The number of hydrogen-bond acceptors (Lipinski definition) is 3. The van der Waals surface area contributed by atoms with Gasteiger partial charge in [-0.05, 0) is 18.6 Å². The van der Waals surface area contributed by atoms with Gasteiger partial charge in [0.25, 0.3) is 0 Å². The Labute approximate surface area is 112 Å². The standard InChI is InChI=1S/C13H18N6/c1-9-17-12(19-18-9)11-6-4-5-10(7-11)8-16-13(14-2)15-3/h4-7H,8H2,1-3H3,(H2,14,15,16)(H,17,18,19). The first-order chi connectivity index (χ1) is 9.22. The molecule has 6 heteroatoms. The minimum absolute atomic E-state index is 0.699. The predicted molar refractivity (Wildman–Crippen MR) is 75.8 cm³/mol. The summed E-state index contributed by atoms with van der Waals surface area (Å²) >= 11 is 0. The van der Waals surface area contributed by atoms with Gasteiger partial charge in [-0.1, -0.05) is 18.2 Å². The Kier molecular flexibility index (Phi) is 4.12. The molecule has 0 unspecified atom stereocenters. The fourth-order valence-electron chi connectivity index (χ4n) is 1.76. The highest BCUT2D eigenvalue weighted by Crippen LogP contribution is 2.16. The third kappa shape index (κ3) is 3.31. The number of H-pyrrole nitrogens is 1. The summed E-state index contributed by atoms with van der Waals surface area (Å²) in [5.41, 5.74) is 2.15. The van der Waals surface area contributed by atoms with Gasteiger partial charge in [0.15, 0.2) is 11.8 Å². The van der Waals surface area contributed by atoms with Crippen LogP contribution < -0.4 is 10.6 Å². The molecule has 1 aromatic heterocycles. The molecule has 0 spiro atoms. The summed E-state index contributed by atoms with van der Waals surface area (Å²) < 4.78 is 0. The van der Waals surface area contributed by atoms with Crippen LogP contribution in [0.2, 0.25) is 0 Å². The van der Waals surface area contributed by atoms with Crippen molar-refractivity contribution in [2.45, 2.75) is 13.5 Å². The Hall–Kier alpha value is -2.37. The highest BCUT2D eigenvalue weighted by atomic mass is 15.2. The van der Waals surface area contributed by atoms with Crippen LogP contribution in [0.4, 0.5) is 0 Å². The second-order valence-electron chi connectivity index (χ2n) is 4.12. The number of aryl methyl sites for hydroxylation is 1. The maximum absolute atomic E-state index is 4.33. The molecule has 0 saturated carbocycles. The Balaban J connectivity index is 2.11. The Bertz CT molecular complexity index is 572. The van der Waals surface area contributed by atoms with Crippen molar-refractivity contribution in [3.05, 3.63) is 35.7 Å². The number of aromatic amines is 1. The monoisotopic (exact) mass is 258 g/mol. The Morgan fingerprint density at radius 3 is 2.89 bits per heavy atom. The SMILES string of the molecule is CN=C(NC)NCc1cccc(-c2n[nH]c(C)n2)c1. The van der Waals surface area contributed by atoms with Gasteiger partial charge in [0.05, 0.1) is 0 Å². The number of benzene rings is 1. The van der Waals surface area contributed by atoms with Crippen molar-refractivity contribution in [2.75, 3.05) is 14.1 Å². The van der Waals surface area contributed by atoms with Crippen molar-refractivity contribution in [1.29, 1.82) is 0 Å². The smallest absolute Gasteiger partial charge is 0.190 e. The molecule has 0 bridgehead atoms. The number of nitrogens with zero attached hydrogens (tertiary/aromatic N) is 3. The molecule has 0 aliphatic rings. The molecule has 100 valence electrons. The lowest BCUT2D eigenvalue weighted by Crippen LogP contribution is -2.34. The van der Waals surface area contributed by atoms with Gasteiger partial charge in [-0.15, -0.1) is 0 Å². The number of guanidine groups is 1. The van der Waals surface area contributed by atoms with Crippen LogP contribution >= 0.6 is 0 Å². The third-order valence-corrected chi connectivity index (χ3v) is 2.70. The van der Waals surface area contributed by atoms with Gasteiger partial charge in [0, 0.05) is 26.2 Å². The lowest BCUT2D eigenvalue weighted by Gasteiger charge is -2.08. The van der Waals surface area contributed by atoms with E-state index in [1.807, 2.05) is 26.1 Å². The Morgan fingerprint density at radius 2 is 2.26 bits per heavy atom. The summed E-state index contributed by atoms with van der Waals surface area (Å²) in [5, 5.41) is 13.2. The first kappa shape index (κ1) is 13.1. The average molecular weight is 258 g/mol. The van der Waals surface area contributed by atoms with Crippen LogP contribution in [0.5, 0.6) is 0 Å². The van der Waals surface area contributed by atoms with E-state index in [1.54, 1.807) is 7.05 Å². The van der Waals surface area contributed by atoms with E-state index in [1.165, 1.54) is 0 Å².